The van der Waals surface area contributed by atoms with Crippen LogP contribution in [0.25, 0.3) is 0 Å². The van der Waals surface area contributed by atoms with Gasteiger partial charge in [0.25, 0.3) is 0 Å². The van der Waals surface area contributed by atoms with Crippen molar-refractivity contribution in [2.45, 2.75) is 19.3 Å². The molecule has 0 saturated carbocycles. The van der Waals surface area contributed by atoms with Crippen molar-refractivity contribution < 1.29 is 14.4 Å². The molecule has 0 spiro atoms. The summed E-state index contributed by atoms with van der Waals surface area (Å²) in [6.45, 7) is 2.35. The van der Waals surface area contributed by atoms with Crippen molar-refractivity contribution in [1.29, 1.82) is 0 Å². The Morgan fingerprint density at radius 3 is 2.58 bits per heavy atom. The smallest absolute Gasteiger partial charge is 0.319 e. The lowest BCUT2D eigenvalue weighted by Crippen LogP contribution is -2.30. The monoisotopic (exact) mass is 352 g/mol. The maximum Gasteiger partial charge on any atom is 0.319 e. The highest BCUT2D eigenvalue weighted by Crippen LogP contribution is 2.33. The van der Waals surface area contributed by atoms with E-state index < -0.39 is 5.92 Å². The zero-order chi connectivity index (χ0) is 18.5. The van der Waals surface area contributed by atoms with Crippen LogP contribution in [-0.4, -0.2) is 24.4 Å². The molecule has 4 amide bonds. The molecule has 1 heterocycles. The molecule has 2 aromatic carbocycles. The van der Waals surface area contributed by atoms with Gasteiger partial charge >= 0.3 is 6.03 Å². The molecule has 0 aliphatic carbocycles. The minimum Gasteiger partial charge on any atom is -0.338 e. The van der Waals surface area contributed by atoms with E-state index in [2.05, 4.69) is 21.3 Å². The average Bonchev–Trinajstić information content (AvgIpc) is 2.61. The van der Waals surface area contributed by atoms with Gasteiger partial charge in [-0.15, -0.1) is 0 Å². The molecule has 0 radical (unpaired) electrons. The van der Waals surface area contributed by atoms with Gasteiger partial charge in [0.05, 0.1) is 5.92 Å². The number of fused-ring (bicyclic) bond motifs is 1. The van der Waals surface area contributed by atoms with Gasteiger partial charge in [-0.05, 0) is 36.8 Å². The van der Waals surface area contributed by atoms with Crippen LogP contribution in [0.5, 0.6) is 0 Å². The third-order valence-corrected chi connectivity index (χ3v) is 4.04. The van der Waals surface area contributed by atoms with Gasteiger partial charge < -0.3 is 21.3 Å². The Kier molecular flexibility index (Phi) is 5.17. The quantitative estimate of drug-likeness (QED) is 0.681. The zero-order valence-electron chi connectivity index (χ0n) is 14.3. The summed E-state index contributed by atoms with van der Waals surface area (Å²) in [5.41, 5.74) is 2.57. The normalized spacial score (nSPS) is 15.4. The number of rotatable bonds is 4. The molecular weight excluding hydrogens is 332 g/mol. The Hall–Kier alpha value is -3.35. The number of nitrogens with one attached hydrogen (secondary N) is 4. The first-order valence-electron chi connectivity index (χ1n) is 8.41. The van der Waals surface area contributed by atoms with Crippen molar-refractivity contribution >= 4 is 34.9 Å². The highest BCUT2D eigenvalue weighted by Gasteiger charge is 2.30. The van der Waals surface area contributed by atoms with Gasteiger partial charge in [-0.2, -0.15) is 0 Å². The minimum atomic E-state index is -0.556. The number of urea groups is 1. The van der Waals surface area contributed by atoms with Crippen LogP contribution < -0.4 is 21.3 Å². The molecule has 1 atom stereocenters. The maximum atomic E-state index is 12.7. The number of hydrogen-bond donors (Lipinski definition) is 4. The van der Waals surface area contributed by atoms with Crippen molar-refractivity contribution in [1.82, 2.24) is 5.32 Å². The Morgan fingerprint density at radius 1 is 1.08 bits per heavy atom. The third-order valence-electron chi connectivity index (χ3n) is 4.04. The summed E-state index contributed by atoms with van der Waals surface area (Å²) in [4.78, 5) is 36.2. The fourth-order valence-electron chi connectivity index (χ4n) is 2.89. The molecule has 7 nitrogen and oxygen atoms in total. The molecule has 26 heavy (non-hydrogen) atoms. The number of benzene rings is 2. The molecule has 4 N–H and O–H groups in total. The lowest BCUT2D eigenvalue weighted by molar-refractivity contribution is -0.123. The first-order chi connectivity index (χ1) is 12.6. The second-order valence-corrected chi connectivity index (χ2v) is 5.95. The van der Waals surface area contributed by atoms with Crippen LogP contribution in [0.3, 0.4) is 0 Å². The summed E-state index contributed by atoms with van der Waals surface area (Å²) in [6, 6.07) is 13.8. The lowest BCUT2D eigenvalue weighted by atomic mass is 9.90. The Morgan fingerprint density at radius 2 is 1.81 bits per heavy atom. The van der Waals surface area contributed by atoms with E-state index >= 15 is 0 Å². The molecule has 1 aliphatic heterocycles. The summed E-state index contributed by atoms with van der Waals surface area (Å²) in [5, 5.41) is 10.9. The van der Waals surface area contributed by atoms with Crippen LogP contribution in [0.15, 0.2) is 48.5 Å². The molecule has 0 saturated heterocycles. The second kappa shape index (κ2) is 7.69. The topological polar surface area (TPSA) is 99.3 Å². The highest BCUT2D eigenvalue weighted by atomic mass is 16.2. The summed E-state index contributed by atoms with van der Waals surface area (Å²) >= 11 is 0. The van der Waals surface area contributed by atoms with Gasteiger partial charge in [0.15, 0.2) is 0 Å². The van der Waals surface area contributed by atoms with E-state index in [4.69, 9.17) is 0 Å². The number of carbonyl (C=O) groups is 3. The molecule has 1 unspecified atom stereocenters. The summed E-state index contributed by atoms with van der Waals surface area (Å²) < 4.78 is 0. The molecule has 0 fully saturated rings. The second-order valence-electron chi connectivity index (χ2n) is 5.95. The van der Waals surface area contributed by atoms with Gasteiger partial charge in [0, 0.05) is 30.0 Å². The number of hydrogen-bond acceptors (Lipinski definition) is 3. The summed E-state index contributed by atoms with van der Waals surface area (Å²) in [7, 11) is 0. The minimum absolute atomic E-state index is 0.0969. The number of carbonyl (C=O) groups excluding carboxylic acids is 3. The number of anilines is 3. The molecular formula is C19H20N4O3. The van der Waals surface area contributed by atoms with E-state index in [1.807, 2.05) is 25.1 Å². The van der Waals surface area contributed by atoms with Gasteiger partial charge in [-0.3, -0.25) is 9.59 Å². The number of amides is 4. The van der Waals surface area contributed by atoms with Crippen molar-refractivity contribution in [3.8, 4) is 0 Å². The van der Waals surface area contributed by atoms with E-state index in [1.54, 1.807) is 30.3 Å². The van der Waals surface area contributed by atoms with E-state index in [0.717, 1.165) is 5.56 Å². The van der Waals surface area contributed by atoms with E-state index in [1.165, 1.54) is 0 Å². The molecule has 3 rings (SSSR count). The van der Waals surface area contributed by atoms with Crippen LogP contribution in [-0.2, 0) is 9.59 Å². The van der Waals surface area contributed by atoms with Gasteiger partial charge in [0.1, 0.15) is 0 Å². The molecule has 134 valence electrons. The fraction of sp³-hybridized carbons (Fsp3) is 0.211. The first-order valence-corrected chi connectivity index (χ1v) is 8.41. The Bertz CT molecular complexity index is 850. The zero-order valence-corrected chi connectivity index (χ0v) is 14.3. The van der Waals surface area contributed by atoms with Crippen molar-refractivity contribution in [2.24, 2.45) is 0 Å². The van der Waals surface area contributed by atoms with Gasteiger partial charge in [-0.25, -0.2) is 4.79 Å². The SMILES string of the molecule is CCNC(=O)Nc1cccc(NC(=O)C2CC(=O)Nc3ccccc32)c1. The van der Waals surface area contributed by atoms with Crippen LogP contribution in [0.1, 0.15) is 24.8 Å². The molecule has 1 aliphatic rings. The van der Waals surface area contributed by atoms with Gasteiger partial charge in [-0.1, -0.05) is 24.3 Å². The standard InChI is InChI=1S/C19H20N4O3/c1-2-20-19(26)22-13-7-5-6-12(10-13)21-18(25)15-11-17(24)23-16-9-4-3-8-14(15)16/h3-10,15H,2,11H2,1H3,(H,21,25)(H,23,24)(H2,20,22,26). The molecule has 0 bridgehead atoms. The van der Waals surface area contributed by atoms with Crippen LogP contribution in [0, 0.1) is 0 Å². The van der Waals surface area contributed by atoms with E-state index in [-0.39, 0.29) is 24.3 Å². The number of para-hydroxylation sites is 1. The predicted molar refractivity (Wildman–Crippen MR) is 100 cm³/mol. The Labute approximate surface area is 151 Å². The van der Waals surface area contributed by atoms with Crippen molar-refractivity contribution in [3.05, 3.63) is 54.1 Å². The van der Waals surface area contributed by atoms with E-state index in [0.29, 0.717) is 23.6 Å². The Balaban J connectivity index is 1.74. The molecule has 7 heteroatoms. The molecule has 2 aromatic rings. The fourth-order valence-corrected chi connectivity index (χ4v) is 2.89. The first kappa shape index (κ1) is 17.5. The van der Waals surface area contributed by atoms with E-state index in [9.17, 15) is 14.4 Å². The summed E-state index contributed by atoms with van der Waals surface area (Å²) in [5.74, 6) is -1.00. The van der Waals surface area contributed by atoms with Crippen LogP contribution in [0.2, 0.25) is 0 Å². The van der Waals surface area contributed by atoms with Crippen molar-refractivity contribution in [2.75, 3.05) is 22.5 Å². The van der Waals surface area contributed by atoms with Crippen LogP contribution in [0.4, 0.5) is 21.9 Å². The third kappa shape index (κ3) is 4.00. The largest absolute Gasteiger partial charge is 0.338 e. The lowest BCUT2D eigenvalue weighted by Gasteiger charge is -2.24. The van der Waals surface area contributed by atoms with Crippen LogP contribution >= 0.6 is 0 Å². The maximum absolute atomic E-state index is 12.7. The van der Waals surface area contributed by atoms with Crippen molar-refractivity contribution in [3.63, 3.8) is 0 Å². The average molecular weight is 352 g/mol. The predicted octanol–water partition coefficient (Wildman–Crippen LogP) is 2.89. The van der Waals surface area contributed by atoms with Gasteiger partial charge in [0.2, 0.25) is 11.8 Å². The molecule has 0 aromatic heterocycles. The summed E-state index contributed by atoms with van der Waals surface area (Å²) in [6.07, 6.45) is 0.0969. The highest BCUT2D eigenvalue weighted by molar-refractivity contribution is 6.05.